The van der Waals surface area contributed by atoms with E-state index in [1.54, 1.807) is 24.3 Å². The highest BCUT2D eigenvalue weighted by molar-refractivity contribution is 6.06. The Labute approximate surface area is 189 Å². The van der Waals surface area contributed by atoms with Gasteiger partial charge < -0.3 is 10.1 Å². The molecule has 1 N–H and O–H groups in total. The van der Waals surface area contributed by atoms with Crippen molar-refractivity contribution in [3.63, 3.8) is 0 Å². The van der Waals surface area contributed by atoms with Crippen LogP contribution >= 0.6 is 0 Å². The minimum absolute atomic E-state index is 0.158. The van der Waals surface area contributed by atoms with Crippen molar-refractivity contribution >= 4 is 34.2 Å². The van der Waals surface area contributed by atoms with Gasteiger partial charge in [-0.2, -0.15) is 0 Å². The fourth-order valence-corrected chi connectivity index (χ4v) is 3.32. The fraction of sp³-hybridized carbons (Fsp3) is 0.0800. The number of hydrogen-bond donors (Lipinski definition) is 1. The van der Waals surface area contributed by atoms with Crippen molar-refractivity contribution in [2.24, 2.45) is 0 Å². The summed E-state index contributed by atoms with van der Waals surface area (Å²) in [6, 6.07) is 23.8. The number of para-hydroxylation sites is 1. The Hall–Kier alpha value is -4.59. The number of nitrogens with zero attached hydrogens (tertiary/aromatic N) is 2. The van der Waals surface area contributed by atoms with E-state index in [-0.39, 0.29) is 16.9 Å². The maximum Gasteiger partial charge on any atom is 0.339 e. The predicted octanol–water partition coefficient (Wildman–Crippen LogP) is 4.99. The maximum absolute atomic E-state index is 13.0. The average Bonchev–Trinajstić information content (AvgIpc) is 2.83. The summed E-state index contributed by atoms with van der Waals surface area (Å²) in [5, 5.41) is 14.1. The van der Waals surface area contributed by atoms with Crippen LogP contribution in [0.4, 0.5) is 11.4 Å². The van der Waals surface area contributed by atoms with E-state index in [0.29, 0.717) is 16.6 Å². The third-order valence-corrected chi connectivity index (χ3v) is 4.98. The number of nitro benzene ring substituents is 1. The number of carbonyl (C=O) groups excluding carboxylic acids is 2. The van der Waals surface area contributed by atoms with Crippen LogP contribution < -0.4 is 5.32 Å². The topological polar surface area (TPSA) is 111 Å². The lowest BCUT2D eigenvalue weighted by Gasteiger charge is -2.15. The van der Waals surface area contributed by atoms with Gasteiger partial charge in [0.25, 0.3) is 11.6 Å². The zero-order valence-corrected chi connectivity index (χ0v) is 17.6. The number of benzene rings is 3. The van der Waals surface area contributed by atoms with Crippen molar-refractivity contribution in [3.05, 3.63) is 101 Å². The number of fused-ring (bicyclic) bond motifs is 1. The number of amides is 1. The molecule has 1 aromatic heterocycles. The van der Waals surface area contributed by atoms with Crippen LogP contribution in [0.25, 0.3) is 22.2 Å². The summed E-state index contributed by atoms with van der Waals surface area (Å²) in [5.74, 6) is -1.28. The normalized spacial score (nSPS) is 11.5. The number of nitrogens with one attached hydrogen (secondary N) is 1. The summed E-state index contributed by atoms with van der Waals surface area (Å²) < 4.78 is 5.43. The van der Waals surface area contributed by atoms with E-state index in [1.165, 1.54) is 31.2 Å². The van der Waals surface area contributed by atoms with Crippen LogP contribution in [0.2, 0.25) is 0 Å². The molecule has 1 atom stereocenters. The first-order valence-corrected chi connectivity index (χ1v) is 10.1. The number of carbonyl (C=O) groups is 2. The van der Waals surface area contributed by atoms with E-state index in [9.17, 15) is 19.7 Å². The van der Waals surface area contributed by atoms with Crippen molar-refractivity contribution < 1.29 is 19.2 Å². The molecule has 0 bridgehead atoms. The highest BCUT2D eigenvalue weighted by Crippen LogP contribution is 2.26. The van der Waals surface area contributed by atoms with Crippen LogP contribution in [0.3, 0.4) is 0 Å². The van der Waals surface area contributed by atoms with Crippen molar-refractivity contribution in [3.8, 4) is 11.3 Å². The number of nitro groups is 1. The lowest BCUT2D eigenvalue weighted by molar-refractivity contribution is -0.384. The average molecular weight is 441 g/mol. The molecule has 0 unspecified atom stereocenters. The lowest BCUT2D eigenvalue weighted by Crippen LogP contribution is -2.30. The van der Waals surface area contributed by atoms with Gasteiger partial charge in [-0.05, 0) is 25.1 Å². The number of non-ortho nitro benzene ring substituents is 1. The molecule has 0 saturated carbocycles. The first-order chi connectivity index (χ1) is 15.9. The third kappa shape index (κ3) is 4.85. The van der Waals surface area contributed by atoms with Crippen molar-refractivity contribution in [1.29, 1.82) is 0 Å². The summed E-state index contributed by atoms with van der Waals surface area (Å²) in [5.41, 5.74) is 2.43. The van der Waals surface area contributed by atoms with Crippen LogP contribution in [-0.2, 0) is 9.53 Å². The van der Waals surface area contributed by atoms with Gasteiger partial charge in [-0.3, -0.25) is 14.9 Å². The van der Waals surface area contributed by atoms with Gasteiger partial charge in [0.15, 0.2) is 6.10 Å². The Morgan fingerprint density at radius 2 is 1.70 bits per heavy atom. The van der Waals surface area contributed by atoms with E-state index < -0.39 is 22.9 Å². The molecule has 3 aromatic carbocycles. The first kappa shape index (κ1) is 21.6. The summed E-state index contributed by atoms with van der Waals surface area (Å²) in [7, 11) is 0. The van der Waals surface area contributed by atoms with E-state index in [1.807, 2.05) is 36.4 Å². The van der Waals surface area contributed by atoms with E-state index >= 15 is 0 Å². The molecular weight excluding hydrogens is 422 g/mol. The minimum atomic E-state index is -1.14. The van der Waals surface area contributed by atoms with Crippen LogP contribution in [0, 0.1) is 10.1 Å². The molecule has 0 saturated heterocycles. The molecule has 1 amide bonds. The van der Waals surface area contributed by atoms with E-state index in [2.05, 4.69) is 10.3 Å². The van der Waals surface area contributed by atoms with Gasteiger partial charge in [0.1, 0.15) is 0 Å². The van der Waals surface area contributed by atoms with Crippen LogP contribution in [0.15, 0.2) is 84.9 Å². The molecule has 0 radical (unpaired) electrons. The maximum atomic E-state index is 13.0. The summed E-state index contributed by atoms with van der Waals surface area (Å²) in [6.07, 6.45) is -1.14. The highest BCUT2D eigenvalue weighted by Gasteiger charge is 2.22. The zero-order chi connectivity index (χ0) is 23.4. The molecule has 4 rings (SSSR count). The van der Waals surface area contributed by atoms with Gasteiger partial charge in [0.05, 0.1) is 21.7 Å². The zero-order valence-electron chi connectivity index (χ0n) is 17.6. The van der Waals surface area contributed by atoms with Crippen LogP contribution in [0.5, 0.6) is 0 Å². The van der Waals surface area contributed by atoms with Gasteiger partial charge in [-0.15, -0.1) is 0 Å². The molecule has 8 heteroatoms. The monoisotopic (exact) mass is 441 g/mol. The number of hydrogen-bond acceptors (Lipinski definition) is 6. The Bertz CT molecular complexity index is 1350. The molecule has 4 aromatic rings. The number of pyridine rings is 1. The highest BCUT2D eigenvalue weighted by atomic mass is 16.6. The van der Waals surface area contributed by atoms with Crippen LogP contribution in [0.1, 0.15) is 17.3 Å². The molecule has 33 heavy (non-hydrogen) atoms. The molecule has 1 heterocycles. The van der Waals surface area contributed by atoms with Gasteiger partial charge in [0.2, 0.25) is 0 Å². The molecule has 0 aliphatic heterocycles. The number of ether oxygens (including phenoxy) is 1. The summed E-state index contributed by atoms with van der Waals surface area (Å²) in [6.45, 7) is 1.44. The smallest absolute Gasteiger partial charge is 0.339 e. The molecule has 0 fully saturated rings. The molecular formula is C25H19N3O5. The number of anilines is 1. The van der Waals surface area contributed by atoms with E-state index in [0.717, 1.165) is 5.56 Å². The Kier molecular flexibility index (Phi) is 6.08. The summed E-state index contributed by atoms with van der Waals surface area (Å²) in [4.78, 5) is 40.6. The van der Waals surface area contributed by atoms with Gasteiger partial charge in [-0.1, -0.05) is 54.6 Å². The first-order valence-electron chi connectivity index (χ1n) is 10.1. The van der Waals surface area contributed by atoms with Gasteiger partial charge in [0, 0.05) is 28.8 Å². The van der Waals surface area contributed by atoms with E-state index in [4.69, 9.17) is 4.74 Å². The van der Waals surface area contributed by atoms with Crippen molar-refractivity contribution in [1.82, 2.24) is 4.98 Å². The predicted molar refractivity (Wildman–Crippen MR) is 124 cm³/mol. The Morgan fingerprint density at radius 1 is 0.970 bits per heavy atom. The van der Waals surface area contributed by atoms with Crippen LogP contribution in [-0.4, -0.2) is 27.9 Å². The molecule has 0 spiro atoms. The summed E-state index contributed by atoms with van der Waals surface area (Å²) >= 11 is 0. The number of aromatic nitrogens is 1. The molecule has 0 aliphatic carbocycles. The number of esters is 1. The van der Waals surface area contributed by atoms with Crippen molar-refractivity contribution in [2.45, 2.75) is 13.0 Å². The Balaban J connectivity index is 1.57. The quantitative estimate of drug-likeness (QED) is 0.256. The lowest BCUT2D eigenvalue weighted by atomic mass is 10.0. The second-order valence-corrected chi connectivity index (χ2v) is 7.28. The van der Waals surface area contributed by atoms with Gasteiger partial charge >= 0.3 is 5.97 Å². The minimum Gasteiger partial charge on any atom is -0.449 e. The Morgan fingerprint density at radius 3 is 2.45 bits per heavy atom. The fourth-order valence-electron chi connectivity index (χ4n) is 3.32. The second kappa shape index (κ2) is 9.27. The molecule has 164 valence electrons. The number of rotatable bonds is 6. The standard InChI is InChI=1S/C25H19N3O5/c1-16(24(29)26-18-10-7-11-19(14-18)28(31)32)33-25(30)21-15-23(17-8-3-2-4-9-17)27-22-13-6-5-12-20(21)22/h2-16H,1H3,(H,26,29)/t16-/m0/s1. The molecule has 0 aliphatic rings. The molecule has 8 nitrogen and oxygen atoms in total. The van der Waals surface area contributed by atoms with Gasteiger partial charge in [-0.25, -0.2) is 9.78 Å². The van der Waals surface area contributed by atoms with Crippen molar-refractivity contribution in [2.75, 3.05) is 5.32 Å². The largest absolute Gasteiger partial charge is 0.449 e. The SMILES string of the molecule is C[C@H](OC(=O)c1cc(-c2ccccc2)nc2ccccc12)C(=O)Nc1cccc([N+](=O)[O-])c1. The second-order valence-electron chi connectivity index (χ2n) is 7.28. The third-order valence-electron chi connectivity index (χ3n) is 4.98.